The van der Waals surface area contributed by atoms with Crippen molar-refractivity contribution in [3.05, 3.63) is 60.2 Å². The Morgan fingerprint density at radius 1 is 0.919 bits per heavy atom. The number of benzene rings is 2. The van der Waals surface area contributed by atoms with Crippen molar-refractivity contribution in [2.45, 2.75) is 75.7 Å². The van der Waals surface area contributed by atoms with Crippen molar-refractivity contribution in [3.63, 3.8) is 0 Å². The number of esters is 1. The van der Waals surface area contributed by atoms with Gasteiger partial charge in [0.15, 0.2) is 0 Å². The number of hydrogen-bond acceptors (Lipinski definition) is 6. The van der Waals surface area contributed by atoms with Gasteiger partial charge in [0.2, 0.25) is 0 Å². The summed E-state index contributed by atoms with van der Waals surface area (Å²) in [5, 5.41) is 0. The minimum atomic E-state index is -2.15. The van der Waals surface area contributed by atoms with Crippen LogP contribution in [0.2, 0.25) is 0 Å². The van der Waals surface area contributed by atoms with Gasteiger partial charge in [0.05, 0.1) is 0 Å². The van der Waals surface area contributed by atoms with Gasteiger partial charge in [-0.1, -0.05) is 0 Å². The molecule has 0 aliphatic carbocycles. The third-order valence-electron chi connectivity index (χ3n) is 5.89. The second-order valence-electron chi connectivity index (χ2n) is 11.0. The number of carbonyl (C=O) groups excluding carboxylic acids is 3. The Morgan fingerprint density at radius 2 is 1.49 bits per heavy atom. The average molecular weight is 575 g/mol. The first-order valence-corrected chi connectivity index (χ1v) is 13.8. The Hall–Kier alpha value is -3.03. The summed E-state index contributed by atoms with van der Waals surface area (Å²) in [4.78, 5) is 43.4. The van der Waals surface area contributed by atoms with E-state index < -0.39 is 60.8 Å². The number of likely N-dealkylation sites (tertiary alicyclic amines) is 1. The van der Waals surface area contributed by atoms with Crippen molar-refractivity contribution in [3.8, 4) is 0 Å². The number of rotatable bonds is 3. The standard InChI is InChI=1S/C28H34N2O6Se/c1-26(2,3)35-24(32)29-20-16-12-11-15-19(20)28(37-18-13-9-8-10-14-18)17-21(22(31)34-7)30(23(28)29)25(33)36-27(4,5)6/h8-16,21,23H,17H2,1-7H3/t21-,23+,28-/m0/s1/i21D. The van der Waals surface area contributed by atoms with Gasteiger partial charge in [0.25, 0.3) is 0 Å². The molecular weight excluding hydrogens is 539 g/mol. The molecule has 4 rings (SSSR count). The van der Waals surface area contributed by atoms with E-state index in [1.807, 2.05) is 48.5 Å². The van der Waals surface area contributed by atoms with Crippen LogP contribution in [0.3, 0.4) is 0 Å². The Balaban J connectivity index is 1.99. The zero-order chi connectivity index (χ0) is 28.1. The van der Waals surface area contributed by atoms with Crippen LogP contribution in [0.25, 0.3) is 0 Å². The van der Waals surface area contributed by atoms with Crippen LogP contribution < -0.4 is 9.36 Å². The zero-order valence-electron chi connectivity index (χ0n) is 23.2. The fourth-order valence-corrected chi connectivity index (χ4v) is 7.87. The molecule has 3 atom stereocenters. The van der Waals surface area contributed by atoms with Crippen molar-refractivity contribution in [1.82, 2.24) is 4.90 Å². The van der Waals surface area contributed by atoms with Gasteiger partial charge < -0.3 is 0 Å². The molecule has 2 heterocycles. The van der Waals surface area contributed by atoms with E-state index in [-0.39, 0.29) is 6.42 Å². The third-order valence-corrected chi connectivity index (χ3v) is 8.93. The Morgan fingerprint density at radius 3 is 2.08 bits per heavy atom. The molecule has 0 radical (unpaired) electrons. The maximum absolute atomic E-state index is 13.8. The molecule has 198 valence electrons. The first kappa shape index (κ1) is 25.6. The molecule has 2 amide bonds. The van der Waals surface area contributed by atoms with Gasteiger partial charge in [0, 0.05) is 0 Å². The summed E-state index contributed by atoms with van der Waals surface area (Å²) in [5.41, 5.74) is -0.389. The number of anilines is 1. The molecular formula is C28H34N2O6Se. The van der Waals surface area contributed by atoms with E-state index in [2.05, 4.69) is 0 Å². The fourth-order valence-electron chi connectivity index (χ4n) is 4.67. The van der Waals surface area contributed by atoms with E-state index in [4.69, 9.17) is 14.2 Å². The molecule has 8 nitrogen and oxygen atoms in total. The summed E-state index contributed by atoms with van der Waals surface area (Å²) >= 11 is -0.428. The second-order valence-corrected chi connectivity index (χ2v) is 14.0. The van der Waals surface area contributed by atoms with Crippen LogP contribution in [0.4, 0.5) is 15.3 Å². The molecule has 2 aromatic rings. The van der Waals surface area contributed by atoms with Gasteiger partial charge in [-0.05, 0) is 0 Å². The Kier molecular flexibility index (Phi) is 6.71. The molecule has 37 heavy (non-hydrogen) atoms. The summed E-state index contributed by atoms with van der Waals surface area (Å²) in [5.74, 6) is -0.900. The first-order valence-electron chi connectivity index (χ1n) is 12.6. The molecule has 0 aromatic heterocycles. The normalized spacial score (nSPS) is 25.2. The molecule has 1 fully saturated rings. The van der Waals surface area contributed by atoms with Gasteiger partial charge in [0.1, 0.15) is 0 Å². The molecule has 2 aromatic carbocycles. The molecule has 2 aliphatic heterocycles. The molecule has 0 saturated carbocycles. The quantitative estimate of drug-likeness (QED) is 0.311. The minimum absolute atomic E-state index is 0.0816. The number of methoxy groups -OCH3 is 1. The zero-order valence-corrected chi connectivity index (χ0v) is 23.9. The molecule has 1 saturated heterocycles. The summed E-state index contributed by atoms with van der Waals surface area (Å²) in [7, 11) is 1.19. The molecule has 0 N–H and O–H groups in total. The van der Waals surface area contributed by atoms with Gasteiger partial charge in [-0.25, -0.2) is 0 Å². The van der Waals surface area contributed by atoms with E-state index in [0.717, 1.165) is 14.9 Å². The van der Waals surface area contributed by atoms with Gasteiger partial charge >= 0.3 is 226 Å². The van der Waals surface area contributed by atoms with Crippen LogP contribution >= 0.6 is 0 Å². The van der Waals surface area contributed by atoms with Crippen molar-refractivity contribution in [2.24, 2.45) is 0 Å². The number of para-hydroxylation sites is 1. The topological polar surface area (TPSA) is 85.4 Å². The van der Waals surface area contributed by atoms with Crippen LogP contribution in [0, 0.1) is 0 Å². The first-order chi connectivity index (χ1) is 17.6. The third kappa shape index (κ3) is 5.20. The van der Waals surface area contributed by atoms with E-state index in [1.165, 1.54) is 12.0 Å². The van der Waals surface area contributed by atoms with Gasteiger partial charge in [-0.15, -0.1) is 0 Å². The van der Waals surface area contributed by atoms with E-state index in [1.54, 1.807) is 47.6 Å². The predicted molar refractivity (Wildman–Crippen MR) is 141 cm³/mol. The van der Waals surface area contributed by atoms with Crippen LogP contribution in [-0.2, 0) is 23.3 Å². The van der Waals surface area contributed by atoms with Crippen LogP contribution in [0.5, 0.6) is 0 Å². The van der Waals surface area contributed by atoms with E-state index in [9.17, 15) is 15.8 Å². The van der Waals surface area contributed by atoms with Crippen molar-refractivity contribution >= 4 is 43.3 Å². The summed E-state index contributed by atoms with van der Waals surface area (Å²) in [6.45, 7) is 10.4. The average Bonchev–Trinajstić information content (AvgIpc) is 3.21. The van der Waals surface area contributed by atoms with E-state index >= 15 is 0 Å². The Bertz CT molecular complexity index is 1240. The number of hydrogen-bond donors (Lipinski definition) is 0. The number of fused-ring (bicyclic) bond motifs is 3. The second kappa shape index (κ2) is 9.69. The number of carbonyl (C=O) groups is 3. The van der Waals surface area contributed by atoms with Crippen molar-refractivity contribution in [1.29, 1.82) is 0 Å². The van der Waals surface area contributed by atoms with Crippen LogP contribution in [0.15, 0.2) is 54.6 Å². The molecule has 0 unspecified atom stereocenters. The van der Waals surface area contributed by atoms with Crippen LogP contribution in [0.1, 0.15) is 54.9 Å². The molecule has 2 aliphatic rings. The maximum atomic E-state index is 13.8. The SMILES string of the molecule is [2H][C@@]1(C(=O)OC)C[C@]2([Se]c3ccccc3)c3ccccc3N(C(=O)OC(C)(C)C)[C@@H]2N1C(=O)OC(C)(C)C. The Labute approximate surface area is 225 Å². The van der Waals surface area contributed by atoms with Gasteiger partial charge in [-0.2, -0.15) is 0 Å². The fraction of sp³-hybridized carbons (Fsp3) is 0.464. The predicted octanol–water partition coefficient (Wildman–Crippen LogP) is 4.18. The van der Waals surface area contributed by atoms with E-state index in [0.29, 0.717) is 5.69 Å². The van der Waals surface area contributed by atoms with Gasteiger partial charge in [-0.3, -0.25) is 0 Å². The molecule has 0 bridgehead atoms. The van der Waals surface area contributed by atoms with Crippen molar-refractivity contribution < 1.29 is 30.0 Å². The van der Waals surface area contributed by atoms with Crippen LogP contribution in [-0.4, -0.2) is 68.5 Å². The number of ether oxygens (including phenoxy) is 3. The molecule has 0 spiro atoms. The monoisotopic (exact) mass is 575 g/mol. The number of amides is 2. The summed E-state index contributed by atoms with van der Waals surface area (Å²) in [6.07, 6.45) is -2.69. The number of nitrogens with zero attached hydrogens (tertiary/aromatic N) is 2. The van der Waals surface area contributed by atoms with Crippen molar-refractivity contribution in [2.75, 3.05) is 12.0 Å². The summed E-state index contributed by atoms with van der Waals surface area (Å²) in [6, 6.07) is 14.9. The molecule has 9 heteroatoms. The summed E-state index contributed by atoms with van der Waals surface area (Å²) < 4.78 is 26.0.